The number of ether oxygens (including phenoxy) is 1. The summed E-state index contributed by atoms with van der Waals surface area (Å²) in [6.45, 7) is 0.417. The minimum Gasteiger partial charge on any atom is -0.476 e. The predicted octanol–water partition coefficient (Wildman–Crippen LogP) is 1.72. The van der Waals surface area contributed by atoms with Crippen molar-refractivity contribution in [2.75, 3.05) is 13.2 Å². The smallest absolute Gasteiger partial charge is 0.356 e. The van der Waals surface area contributed by atoms with Crippen LogP contribution in [0.3, 0.4) is 0 Å². The summed E-state index contributed by atoms with van der Waals surface area (Å²) in [4.78, 5) is 11.2. The number of rotatable bonds is 4. The summed E-state index contributed by atoms with van der Waals surface area (Å²) in [6, 6.07) is 6.24. The number of sulfone groups is 1. The first kappa shape index (κ1) is 16.2. The van der Waals surface area contributed by atoms with Crippen LogP contribution in [0.2, 0.25) is 0 Å². The van der Waals surface area contributed by atoms with Crippen molar-refractivity contribution in [2.45, 2.75) is 10.1 Å². The van der Waals surface area contributed by atoms with Crippen LogP contribution in [0.5, 0.6) is 0 Å². The van der Waals surface area contributed by atoms with E-state index in [2.05, 4.69) is 21.0 Å². The van der Waals surface area contributed by atoms with Crippen LogP contribution in [0.1, 0.15) is 10.5 Å². The molecule has 23 heavy (non-hydrogen) atoms. The number of aromatic carboxylic acids is 1. The lowest BCUT2D eigenvalue weighted by Crippen LogP contribution is -2.40. The van der Waals surface area contributed by atoms with Crippen LogP contribution in [-0.4, -0.2) is 47.7 Å². The molecule has 0 saturated carbocycles. The molecule has 0 aliphatic carbocycles. The van der Waals surface area contributed by atoms with Gasteiger partial charge < -0.3 is 9.84 Å². The van der Waals surface area contributed by atoms with Gasteiger partial charge in [-0.3, -0.25) is 4.68 Å². The van der Waals surface area contributed by atoms with Gasteiger partial charge in [0.1, 0.15) is 5.25 Å². The zero-order chi connectivity index (χ0) is 16.8. The van der Waals surface area contributed by atoms with Crippen molar-refractivity contribution in [1.82, 2.24) is 9.78 Å². The monoisotopic (exact) mass is 400 g/mol. The molecule has 0 atom stereocenters. The first-order valence-corrected chi connectivity index (χ1v) is 9.03. The van der Waals surface area contributed by atoms with Crippen LogP contribution in [0.15, 0.2) is 33.6 Å². The van der Waals surface area contributed by atoms with Gasteiger partial charge in [0.15, 0.2) is 15.5 Å². The van der Waals surface area contributed by atoms with E-state index in [1.165, 1.54) is 16.8 Å². The maximum absolute atomic E-state index is 12.4. The first-order valence-electron chi connectivity index (χ1n) is 6.69. The van der Waals surface area contributed by atoms with Crippen molar-refractivity contribution >= 4 is 31.7 Å². The average molecular weight is 401 g/mol. The van der Waals surface area contributed by atoms with Gasteiger partial charge in [0.05, 0.1) is 23.8 Å². The molecule has 1 aromatic heterocycles. The Labute approximate surface area is 140 Å². The summed E-state index contributed by atoms with van der Waals surface area (Å²) < 4.78 is 31.7. The molecule has 1 aliphatic heterocycles. The largest absolute Gasteiger partial charge is 0.476 e. The lowest BCUT2D eigenvalue weighted by molar-refractivity contribution is 0.0416. The summed E-state index contributed by atoms with van der Waals surface area (Å²) in [7, 11) is -1.81. The van der Waals surface area contributed by atoms with Crippen LogP contribution < -0.4 is 0 Å². The van der Waals surface area contributed by atoms with Crippen molar-refractivity contribution in [2.24, 2.45) is 7.05 Å². The number of benzene rings is 1. The molecule has 122 valence electrons. The van der Waals surface area contributed by atoms with E-state index in [0.717, 1.165) is 0 Å². The molecule has 3 rings (SSSR count). The normalized spacial score (nSPS) is 15.4. The van der Waals surface area contributed by atoms with Gasteiger partial charge in [-0.25, -0.2) is 13.2 Å². The maximum atomic E-state index is 12.4. The number of hydrogen-bond donors (Lipinski definition) is 1. The first-order chi connectivity index (χ1) is 10.8. The Morgan fingerprint density at radius 2 is 2.09 bits per heavy atom. The Morgan fingerprint density at radius 3 is 2.57 bits per heavy atom. The topological polar surface area (TPSA) is 98.5 Å². The van der Waals surface area contributed by atoms with E-state index in [1.54, 1.807) is 19.2 Å². The fourth-order valence-electron chi connectivity index (χ4n) is 2.31. The second kappa shape index (κ2) is 5.73. The van der Waals surface area contributed by atoms with Gasteiger partial charge in [-0.2, -0.15) is 5.10 Å². The van der Waals surface area contributed by atoms with Gasteiger partial charge in [0.2, 0.25) is 0 Å². The Balaban J connectivity index is 2.01. The molecular weight excluding hydrogens is 388 g/mol. The second-order valence-corrected chi connectivity index (χ2v) is 8.24. The number of halogens is 1. The minimum absolute atomic E-state index is 0.0677. The molecule has 1 aliphatic rings. The number of aryl methyl sites for hydroxylation is 1. The van der Waals surface area contributed by atoms with Crippen LogP contribution in [0.25, 0.3) is 11.3 Å². The number of carboxylic acid groups (broad SMARTS) is 1. The van der Waals surface area contributed by atoms with E-state index >= 15 is 0 Å². The number of carbonyl (C=O) groups is 1. The molecule has 1 aromatic carbocycles. The van der Waals surface area contributed by atoms with Crippen LogP contribution >= 0.6 is 15.9 Å². The van der Waals surface area contributed by atoms with E-state index in [9.17, 15) is 13.2 Å². The Morgan fingerprint density at radius 1 is 1.39 bits per heavy atom. The van der Waals surface area contributed by atoms with Gasteiger partial charge >= 0.3 is 5.97 Å². The predicted molar refractivity (Wildman–Crippen MR) is 85.1 cm³/mol. The van der Waals surface area contributed by atoms with Gasteiger partial charge in [0, 0.05) is 17.1 Å². The molecule has 0 spiro atoms. The maximum Gasteiger partial charge on any atom is 0.356 e. The Hall–Kier alpha value is -1.71. The molecule has 1 saturated heterocycles. The molecule has 9 heteroatoms. The molecule has 0 bridgehead atoms. The molecule has 0 unspecified atom stereocenters. The molecule has 2 heterocycles. The number of hydrogen-bond acceptors (Lipinski definition) is 5. The van der Waals surface area contributed by atoms with Gasteiger partial charge in [-0.15, -0.1) is 0 Å². The van der Waals surface area contributed by atoms with E-state index in [4.69, 9.17) is 9.84 Å². The van der Waals surface area contributed by atoms with Crippen molar-refractivity contribution in [3.63, 3.8) is 0 Å². The molecule has 2 aromatic rings. The third-order valence-corrected chi connectivity index (χ3v) is 6.72. The number of carboxylic acids is 1. The summed E-state index contributed by atoms with van der Waals surface area (Å²) >= 11 is 3.30. The molecule has 0 amide bonds. The van der Waals surface area contributed by atoms with Crippen LogP contribution in [-0.2, 0) is 21.6 Å². The van der Waals surface area contributed by atoms with E-state index < -0.39 is 21.1 Å². The van der Waals surface area contributed by atoms with E-state index in [1.807, 2.05) is 0 Å². The minimum atomic E-state index is -3.44. The zero-order valence-electron chi connectivity index (χ0n) is 12.1. The molecule has 7 nitrogen and oxygen atoms in total. The van der Waals surface area contributed by atoms with E-state index in [-0.39, 0.29) is 23.8 Å². The Bertz CT molecular complexity index is 887. The fraction of sp³-hybridized carbons (Fsp3) is 0.286. The summed E-state index contributed by atoms with van der Waals surface area (Å²) in [6.07, 6.45) is 0. The van der Waals surface area contributed by atoms with Gasteiger partial charge in [-0.1, -0.05) is 6.07 Å². The van der Waals surface area contributed by atoms with Crippen molar-refractivity contribution in [3.05, 3.63) is 34.4 Å². The Kier molecular flexibility index (Phi) is 4.03. The highest BCUT2D eigenvalue weighted by Crippen LogP contribution is 2.32. The third-order valence-electron chi connectivity index (χ3n) is 3.68. The summed E-state index contributed by atoms with van der Waals surface area (Å²) in [5.41, 5.74) is 1.18. The quantitative estimate of drug-likeness (QED) is 0.838. The van der Waals surface area contributed by atoms with Gasteiger partial charge in [-0.05, 0) is 34.1 Å². The fourth-order valence-corrected chi connectivity index (χ4v) is 4.86. The zero-order valence-corrected chi connectivity index (χ0v) is 14.5. The van der Waals surface area contributed by atoms with Gasteiger partial charge in [0.25, 0.3) is 0 Å². The molecular formula is C14H13BrN2O5S. The number of aromatic nitrogens is 2. The lowest BCUT2D eigenvalue weighted by Gasteiger charge is -2.26. The average Bonchev–Trinajstić information content (AvgIpc) is 2.78. The van der Waals surface area contributed by atoms with E-state index in [0.29, 0.717) is 15.7 Å². The second-order valence-electron chi connectivity index (χ2n) is 5.19. The molecule has 1 N–H and O–H groups in total. The van der Waals surface area contributed by atoms with Crippen molar-refractivity contribution in [1.29, 1.82) is 0 Å². The highest BCUT2D eigenvalue weighted by Gasteiger charge is 2.35. The highest BCUT2D eigenvalue weighted by atomic mass is 79.9. The van der Waals surface area contributed by atoms with Crippen molar-refractivity contribution in [3.8, 4) is 11.3 Å². The summed E-state index contributed by atoms with van der Waals surface area (Å²) in [5, 5.41) is 12.4. The molecule has 1 fully saturated rings. The van der Waals surface area contributed by atoms with Crippen LogP contribution in [0, 0.1) is 0 Å². The highest BCUT2D eigenvalue weighted by molar-refractivity contribution is 9.10. The van der Waals surface area contributed by atoms with Crippen molar-refractivity contribution < 1.29 is 23.1 Å². The SMILES string of the molecule is Cn1nc(C(=O)O)cc1-c1ccc(S(=O)(=O)C2COC2)c(Br)c1. The lowest BCUT2D eigenvalue weighted by atomic mass is 10.1. The standard InChI is InChI=1S/C14H13BrN2O5S/c1-17-12(5-11(16-17)14(18)19)8-2-3-13(10(15)4-8)23(20,21)9-6-22-7-9/h2-5,9H,6-7H2,1H3,(H,18,19). The number of nitrogens with zero attached hydrogens (tertiary/aromatic N) is 2. The molecule has 0 radical (unpaired) electrons. The van der Waals surface area contributed by atoms with Crippen LogP contribution in [0.4, 0.5) is 0 Å². The third kappa shape index (κ3) is 2.79. The summed E-state index contributed by atoms with van der Waals surface area (Å²) in [5.74, 6) is -1.12.